The molecular weight excluding hydrogens is 214 g/mol. The molecular formula is C13H15N3O. The number of amides is 1. The van der Waals surface area contributed by atoms with Gasteiger partial charge in [-0.2, -0.15) is 5.26 Å². The number of nitrogens with one attached hydrogen (secondary N) is 1. The Hall–Kier alpha value is -1.86. The minimum absolute atomic E-state index is 0.0823. The molecule has 1 aromatic rings. The van der Waals surface area contributed by atoms with Gasteiger partial charge < -0.3 is 5.32 Å². The Morgan fingerprint density at radius 2 is 2.35 bits per heavy atom. The quantitative estimate of drug-likeness (QED) is 0.819. The van der Waals surface area contributed by atoms with E-state index in [0.717, 1.165) is 31.6 Å². The molecule has 1 aromatic carbocycles. The van der Waals surface area contributed by atoms with Gasteiger partial charge in [-0.15, -0.1) is 0 Å². The first kappa shape index (κ1) is 11.6. The zero-order valence-corrected chi connectivity index (χ0v) is 9.65. The van der Waals surface area contributed by atoms with Gasteiger partial charge in [-0.05, 0) is 24.1 Å². The molecule has 0 unspecified atom stereocenters. The summed E-state index contributed by atoms with van der Waals surface area (Å²) in [5.41, 5.74) is 1.75. The summed E-state index contributed by atoms with van der Waals surface area (Å²) in [7, 11) is 0. The second-order valence-corrected chi connectivity index (χ2v) is 4.23. The minimum Gasteiger partial charge on any atom is -0.355 e. The molecule has 4 nitrogen and oxygen atoms in total. The van der Waals surface area contributed by atoms with Crippen LogP contribution in [-0.2, 0) is 11.3 Å². The first-order valence-corrected chi connectivity index (χ1v) is 5.76. The third-order valence-corrected chi connectivity index (χ3v) is 2.80. The molecule has 88 valence electrons. The second-order valence-electron chi connectivity index (χ2n) is 4.23. The van der Waals surface area contributed by atoms with Crippen LogP contribution in [0, 0.1) is 11.3 Å². The van der Waals surface area contributed by atoms with Crippen LogP contribution >= 0.6 is 0 Å². The first-order valence-electron chi connectivity index (χ1n) is 5.76. The van der Waals surface area contributed by atoms with E-state index in [4.69, 9.17) is 5.26 Å². The van der Waals surface area contributed by atoms with Crippen molar-refractivity contribution in [2.45, 2.75) is 13.0 Å². The summed E-state index contributed by atoms with van der Waals surface area (Å²) in [6, 6.07) is 9.67. The van der Waals surface area contributed by atoms with Crippen LogP contribution < -0.4 is 5.32 Å². The summed E-state index contributed by atoms with van der Waals surface area (Å²) < 4.78 is 0. The van der Waals surface area contributed by atoms with Crippen molar-refractivity contribution in [3.8, 4) is 6.07 Å². The van der Waals surface area contributed by atoms with Crippen LogP contribution in [0.2, 0.25) is 0 Å². The summed E-state index contributed by atoms with van der Waals surface area (Å²) in [6.45, 7) is 2.84. The molecule has 1 saturated heterocycles. The first-order chi connectivity index (χ1) is 8.28. The van der Waals surface area contributed by atoms with Gasteiger partial charge in [0.2, 0.25) is 5.91 Å². The molecule has 1 fully saturated rings. The molecule has 0 saturated carbocycles. The zero-order chi connectivity index (χ0) is 12.1. The lowest BCUT2D eigenvalue weighted by Gasteiger charge is -2.18. The molecule has 1 amide bonds. The number of benzene rings is 1. The number of hydrogen-bond acceptors (Lipinski definition) is 3. The third kappa shape index (κ3) is 3.30. The van der Waals surface area contributed by atoms with Gasteiger partial charge in [0, 0.05) is 19.6 Å². The minimum atomic E-state index is 0.0823. The van der Waals surface area contributed by atoms with Gasteiger partial charge >= 0.3 is 0 Å². The summed E-state index contributed by atoms with van der Waals surface area (Å²) in [5, 5.41) is 11.7. The van der Waals surface area contributed by atoms with Gasteiger partial charge in [0.25, 0.3) is 0 Å². The van der Waals surface area contributed by atoms with Crippen molar-refractivity contribution in [2.24, 2.45) is 0 Å². The molecule has 1 aliphatic heterocycles. The van der Waals surface area contributed by atoms with E-state index in [1.54, 1.807) is 6.07 Å². The van der Waals surface area contributed by atoms with Gasteiger partial charge in [-0.3, -0.25) is 9.69 Å². The highest BCUT2D eigenvalue weighted by Crippen LogP contribution is 2.09. The molecule has 4 heteroatoms. The van der Waals surface area contributed by atoms with Crippen molar-refractivity contribution in [1.82, 2.24) is 10.2 Å². The molecule has 1 N–H and O–H groups in total. The average molecular weight is 229 g/mol. The van der Waals surface area contributed by atoms with Gasteiger partial charge in [-0.25, -0.2) is 0 Å². The molecule has 0 aliphatic carbocycles. The maximum absolute atomic E-state index is 11.4. The smallest absolute Gasteiger partial charge is 0.234 e. The summed E-state index contributed by atoms with van der Waals surface area (Å²) in [5.74, 6) is 0.0823. The van der Waals surface area contributed by atoms with Crippen LogP contribution in [0.25, 0.3) is 0 Å². The van der Waals surface area contributed by atoms with Gasteiger partial charge in [0.1, 0.15) is 0 Å². The van der Waals surface area contributed by atoms with Crippen molar-refractivity contribution >= 4 is 5.91 Å². The van der Waals surface area contributed by atoms with E-state index in [-0.39, 0.29) is 5.91 Å². The number of nitriles is 1. The number of rotatable bonds is 2. The predicted octanol–water partition coefficient (Wildman–Crippen LogP) is 0.880. The van der Waals surface area contributed by atoms with E-state index in [1.807, 2.05) is 18.2 Å². The lowest BCUT2D eigenvalue weighted by molar-refractivity contribution is -0.121. The van der Waals surface area contributed by atoms with E-state index < -0.39 is 0 Å². The zero-order valence-electron chi connectivity index (χ0n) is 9.65. The summed E-state index contributed by atoms with van der Waals surface area (Å²) in [4.78, 5) is 13.5. The molecule has 0 radical (unpaired) electrons. The van der Waals surface area contributed by atoms with E-state index in [2.05, 4.69) is 16.3 Å². The SMILES string of the molecule is N#Cc1cccc(CN2CCCNC(=O)C2)c1. The fourth-order valence-electron chi connectivity index (χ4n) is 2.00. The van der Waals surface area contributed by atoms with Crippen LogP contribution in [0.4, 0.5) is 0 Å². The van der Waals surface area contributed by atoms with Crippen LogP contribution in [0.15, 0.2) is 24.3 Å². The highest BCUT2D eigenvalue weighted by atomic mass is 16.2. The molecule has 0 bridgehead atoms. The topological polar surface area (TPSA) is 56.1 Å². The number of carbonyl (C=O) groups is 1. The molecule has 1 aliphatic rings. The molecule has 2 rings (SSSR count). The normalized spacial score (nSPS) is 17.0. The van der Waals surface area contributed by atoms with E-state index in [9.17, 15) is 4.79 Å². The molecule has 17 heavy (non-hydrogen) atoms. The van der Waals surface area contributed by atoms with E-state index in [0.29, 0.717) is 12.1 Å². The van der Waals surface area contributed by atoms with Crippen LogP contribution in [0.1, 0.15) is 17.5 Å². The summed E-state index contributed by atoms with van der Waals surface area (Å²) >= 11 is 0. The van der Waals surface area contributed by atoms with Crippen LogP contribution in [0.5, 0.6) is 0 Å². The fraction of sp³-hybridized carbons (Fsp3) is 0.385. The maximum atomic E-state index is 11.4. The maximum Gasteiger partial charge on any atom is 0.234 e. The van der Waals surface area contributed by atoms with Crippen LogP contribution in [-0.4, -0.2) is 30.4 Å². The fourth-order valence-corrected chi connectivity index (χ4v) is 2.00. The van der Waals surface area contributed by atoms with E-state index >= 15 is 0 Å². The van der Waals surface area contributed by atoms with Crippen LogP contribution in [0.3, 0.4) is 0 Å². The van der Waals surface area contributed by atoms with Crippen molar-refractivity contribution in [3.05, 3.63) is 35.4 Å². The lowest BCUT2D eigenvalue weighted by Crippen LogP contribution is -2.32. The van der Waals surface area contributed by atoms with Gasteiger partial charge in [0.05, 0.1) is 18.2 Å². The molecule has 0 aromatic heterocycles. The van der Waals surface area contributed by atoms with E-state index in [1.165, 1.54) is 0 Å². The number of carbonyl (C=O) groups excluding carboxylic acids is 1. The van der Waals surface area contributed by atoms with Crippen molar-refractivity contribution in [2.75, 3.05) is 19.6 Å². The predicted molar refractivity (Wildman–Crippen MR) is 64.1 cm³/mol. The Morgan fingerprint density at radius 1 is 1.47 bits per heavy atom. The average Bonchev–Trinajstić information content (AvgIpc) is 2.54. The highest BCUT2D eigenvalue weighted by molar-refractivity contribution is 5.78. The second kappa shape index (κ2) is 5.46. The number of nitrogens with zero attached hydrogens (tertiary/aromatic N) is 2. The summed E-state index contributed by atoms with van der Waals surface area (Å²) in [6.07, 6.45) is 0.976. The monoisotopic (exact) mass is 229 g/mol. The largest absolute Gasteiger partial charge is 0.355 e. The molecule has 1 heterocycles. The standard InChI is InChI=1S/C13H15N3O/c14-8-11-3-1-4-12(7-11)9-16-6-2-5-15-13(17)10-16/h1,3-4,7H,2,5-6,9-10H2,(H,15,17). The lowest BCUT2D eigenvalue weighted by atomic mass is 10.1. The van der Waals surface area contributed by atoms with Crippen molar-refractivity contribution in [1.29, 1.82) is 5.26 Å². The Bertz CT molecular complexity index is 450. The van der Waals surface area contributed by atoms with Gasteiger partial charge in [0.15, 0.2) is 0 Å². The Kier molecular flexibility index (Phi) is 3.73. The van der Waals surface area contributed by atoms with Crippen molar-refractivity contribution in [3.63, 3.8) is 0 Å². The Labute approximate surface area is 101 Å². The third-order valence-electron chi connectivity index (χ3n) is 2.80. The molecule has 0 atom stereocenters. The highest BCUT2D eigenvalue weighted by Gasteiger charge is 2.14. The Morgan fingerprint density at radius 3 is 3.18 bits per heavy atom. The Balaban J connectivity index is 2.04. The van der Waals surface area contributed by atoms with Crippen molar-refractivity contribution < 1.29 is 4.79 Å². The number of hydrogen-bond donors (Lipinski definition) is 1. The van der Waals surface area contributed by atoms with Gasteiger partial charge in [-0.1, -0.05) is 12.1 Å². The molecule has 0 spiro atoms.